The lowest BCUT2D eigenvalue weighted by atomic mass is 9.73. The summed E-state index contributed by atoms with van der Waals surface area (Å²) >= 11 is 0. The van der Waals surface area contributed by atoms with Crippen LogP contribution in [0.1, 0.15) is 25.0 Å². The lowest BCUT2D eigenvalue weighted by Gasteiger charge is -2.44. The number of anilines is 6. The van der Waals surface area contributed by atoms with Crippen molar-refractivity contribution < 1.29 is 0 Å². The molecule has 0 aromatic heterocycles. The van der Waals surface area contributed by atoms with Gasteiger partial charge in [0.2, 0.25) is 0 Å². The molecule has 1 aliphatic rings. The zero-order chi connectivity index (χ0) is 43.5. The third kappa shape index (κ3) is 6.57. The first-order valence-corrected chi connectivity index (χ1v) is 22.6. The van der Waals surface area contributed by atoms with Crippen LogP contribution < -0.4 is 9.80 Å². The van der Waals surface area contributed by atoms with Crippen LogP contribution in [0.5, 0.6) is 0 Å². The van der Waals surface area contributed by atoms with E-state index in [0.29, 0.717) is 0 Å². The maximum absolute atomic E-state index is 2.56. The van der Waals surface area contributed by atoms with Crippen LogP contribution in [-0.2, 0) is 5.41 Å². The standard InChI is InChI=1S/C63H46N2/c1-63(2)57-25-12-13-26-59(57)65(61-42-51(33-39-58(61)63)50-28-27-44-17-6-7-20-49(44)41-50)62-56-23-11-9-19-47(56)34-40-60(62)64(52-35-29-45(30-36-52)43-15-4-3-5-16-43)53-37-31-48(32-38-53)55-24-14-21-46-18-8-10-22-54(46)55/h3-42H,1-2H3. The summed E-state index contributed by atoms with van der Waals surface area (Å²) in [4.78, 5) is 5.02. The van der Waals surface area contributed by atoms with E-state index in [-0.39, 0.29) is 5.41 Å². The van der Waals surface area contributed by atoms with Gasteiger partial charge in [-0.2, -0.15) is 0 Å². The number of para-hydroxylation sites is 1. The van der Waals surface area contributed by atoms with Gasteiger partial charge in [0.1, 0.15) is 0 Å². The summed E-state index contributed by atoms with van der Waals surface area (Å²) in [7, 11) is 0. The van der Waals surface area contributed by atoms with E-state index in [0.717, 1.165) is 22.7 Å². The lowest BCUT2D eigenvalue weighted by molar-refractivity contribution is 0.632. The zero-order valence-corrected chi connectivity index (χ0v) is 36.5. The van der Waals surface area contributed by atoms with E-state index in [2.05, 4.69) is 266 Å². The van der Waals surface area contributed by atoms with E-state index in [1.54, 1.807) is 0 Å². The van der Waals surface area contributed by atoms with Crippen LogP contribution in [-0.4, -0.2) is 0 Å². The molecule has 11 aromatic carbocycles. The molecule has 2 heteroatoms. The van der Waals surface area contributed by atoms with Gasteiger partial charge in [0.05, 0.1) is 22.7 Å². The molecule has 1 aliphatic heterocycles. The summed E-state index contributed by atoms with van der Waals surface area (Å²) in [5.41, 5.74) is 16.3. The topological polar surface area (TPSA) is 6.48 Å². The molecular weight excluding hydrogens is 785 g/mol. The molecule has 11 aromatic rings. The summed E-state index contributed by atoms with van der Waals surface area (Å²) in [6, 6.07) is 89.2. The van der Waals surface area contributed by atoms with E-state index >= 15 is 0 Å². The zero-order valence-electron chi connectivity index (χ0n) is 36.5. The number of nitrogens with zero attached hydrogens (tertiary/aromatic N) is 2. The van der Waals surface area contributed by atoms with Crippen LogP contribution in [0.3, 0.4) is 0 Å². The van der Waals surface area contributed by atoms with Gasteiger partial charge in [-0.1, -0.05) is 208 Å². The molecule has 0 saturated carbocycles. The second-order valence-electron chi connectivity index (χ2n) is 17.7. The minimum atomic E-state index is -0.251. The second-order valence-corrected chi connectivity index (χ2v) is 17.7. The summed E-state index contributed by atoms with van der Waals surface area (Å²) < 4.78 is 0. The average molecular weight is 831 g/mol. The average Bonchev–Trinajstić information content (AvgIpc) is 3.37. The molecular formula is C63H46N2. The smallest absolute Gasteiger partial charge is 0.0781 e. The first-order valence-electron chi connectivity index (χ1n) is 22.6. The van der Waals surface area contributed by atoms with Crippen LogP contribution in [0.2, 0.25) is 0 Å². The highest BCUT2D eigenvalue weighted by Gasteiger charge is 2.39. The van der Waals surface area contributed by atoms with Gasteiger partial charge < -0.3 is 9.80 Å². The van der Waals surface area contributed by atoms with Gasteiger partial charge in [-0.3, -0.25) is 0 Å². The number of hydrogen-bond acceptors (Lipinski definition) is 2. The second kappa shape index (κ2) is 15.6. The van der Waals surface area contributed by atoms with Crippen LogP contribution in [0, 0.1) is 0 Å². The normalized spacial score (nSPS) is 12.9. The minimum absolute atomic E-state index is 0.251. The highest BCUT2D eigenvalue weighted by molar-refractivity contribution is 6.09. The molecule has 1 heterocycles. The van der Waals surface area contributed by atoms with Crippen molar-refractivity contribution in [1.29, 1.82) is 0 Å². The Morgan fingerprint density at radius 1 is 0.338 bits per heavy atom. The van der Waals surface area contributed by atoms with Gasteiger partial charge in [0, 0.05) is 22.2 Å². The van der Waals surface area contributed by atoms with Gasteiger partial charge in [0.25, 0.3) is 0 Å². The minimum Gasteiger partial charge on any atom is -0.308 e. The summed E-state index contributed by atoms with van der Waals surface area (Å²) in [6.07, 6.45) is 0. The van der Waals surface area contributed by atoms with Gasteiger partial charge in [-0.15, -0.1) is 0 Å². The molecule has 0 spiro atoms. The largest absolute Gasteiger partial charge is 0.308 e. The van der Waals surface area contributed by atoms with E-state index in [9.17, 15) is 0 Å². The predicted octanol–water partition coefficient (Wildman–Crippen LogP) is 17.7. The van der Waals surface area contributed by atoms with E-state index in [4.69, 9.17) is 0 Å². The van der Waals surface area contributed by atoms with Crippen molar-refractivity contribution in [2.75, 3.05) is 9.80 Å². The third-order valence-corrected chi connectivity index (χ3v) is 13.6. The Morgan fingerprint density at radius 2 is 0.862 bits per heavy atom. The molecule has 308 valence electrons. The van der Waals surface area contributed by atoms with Crippen molar-refractivity contribution in [3.05, 3.63) is 254 Å². The van der Waals surface area contributed by atoms with Crippen LogP contribution in [0.25, 0.3) is 65.7 Å². The highest BCUT2D eigenvalue weighted by Crippen LogP contribution is 2.57. The van der Waals surface area contributed by atoms with Crippen LogP contribution in [0.4, 0.5) is 34.1 Å². The fourth-order valence-electron chi connectivity index (χ4n) is 10.3. The Labute approximate surface area is 380 Å². The van der Waals surface area contributed by atoms with Gasteiger partial charge >= 0.3 is 0 Å². The van der Waals surface area contributed by atoms with E-state index in [1.165, 1.54) is 88.2 Å². The van der Waals surface area contributed by atoms with Crippen LogP contribution in [0.15, 0.2) is 243 Å². The van der Waals surface area contributed by atoms with Crippen LogP contribution >= 0.6 is 0 Å². The molecule has 12 rings (SSSR count). The number of hydrogen-bond donors (Lipinski definition) is 0. The Hall–Kier alpha value is -8.20. The number of rotatable bonds is 7. The molecule has 0 radical (unpaired) electrons. The monoisotopic (exact) mass is 830 g/mol. The molecule has 0 saturated heterocycles. The molecule has 0 N–H and O–H groups in total. The molecule has 65 heavy (non-hydrogen) atoms. The molecule has 0 amide bonds. The Balaban J connectivity index is 1.10. The van der Waals surface area contributed by atoms with Crippen molar-refractivity contribution in [2.45, 2.75) is 19.3 Å². The lowest BCUT2D eigenvalue weighted by Crippen LogP contribution is -2.31. The molecule has 0 fully saturated rings. The fourth-order valence-corrected chi connectivity index (χ4v) is 10.3. The molecule has 2 nitrogen and oxygen atoms in total. The maximum atomic E-state index is 2.56. The van der Waals surface area contributed by atoms with E-state index in [1.807, 2.05) is 0 Å². The fraction of sp³-hybridized carbons (Fsp3) is 0.0476. The van der Waals surface area contributed by atoms with Crippen molar-refractivity contribution in [2.24, 2.45) is 0 Å². The van der Waals surface area contributed by atoms with Gasteiger partial charge in [-0.05, 0) is 120 Å². The van der Waals surface area contributed by atoms with Crippen molar-refractivity contribution >= 4 is 66.4 Å². The summed E-state index contributed by atoms with van der Waals surface area (Å²) in [5, 5.41) is 7.34. The van der Waals surface area contributed by atoms with E-state index < -0.39 is 0 Å². The predicted molar refractivity (Wildman–Crippen MR) is 277 cm³/mol. The maximum Gasteiger partial charge on any atom is 0.0781 e. The van der Waals surface area contributed by atoms with Gasteiger partial charge in [0.15, 0.2) is 0 Å². The molecule has 0 unspecified atom stereocenters. The Morgan fingerprint density at radius 3 is 1.63 bits per heavy atom. The molecule has 0 atom stereocenters. The first-order chi connectivity index (χ1) is 32.0. The highest BCUT2D eigenvalue weighted by atomic mass is 15.2. The van der Waals surface area contributed by atoms with Crippen molar-refractivity contribution in [1.82, 2.24) is 0 Å². The third-order valence-electron chi connectivity index (χ3n) is 13.6. The number of benzene rings is 11. The summed E-state index contributed by atoms with van der Waals surface area (Å²) in [6.45, 7) is 4.75. The quantitative estimate of drug-likeness (QED) is 0.158. The van der Waals surface area contributed by atoms with Gasteiger partial charge in [-0.25, -0.2) is 0 Å². The number of fused-ring (bicyclic) bond motifs is 5. The van der Waals surface area contributed by atoms with Crippen molar-refractivity contribution in [3.8, 4) is 33.4 Å². The Bertz CT molecular complexity index is 3560. The Kier molecular flexibility index (Phi) is 9.21. The first kappa shape index (κ1) is 38.5. The SMILES string of the molecule is CC1(C)c2ccccc2N(c2c(N(c3ccc(-c4ccccc4)cc3)c3ccc(-c4cccc5ccccc45)cc3)ccc3ccccc23)c2cc(-c3ccc4ccccc4c3)ccc21. The van der Waals surface area contributed by atoms with Crippen molar-refractivity contribution in [3.63, 3.8) is 0 Å². The summed E-state index contributed by atoms with van der Waals surface area (Å²) in [5.74, 6) is 0. The molecule has 0 aliphatic carbocycles. The molecule has 0 bridgehead atoms.